The van der Waals surface area contributed by atoms with E-state index < -0.39 is 0 Å². The SMILES string of the molecule is C#CCN(C)C[C@H]1CN2CC[C@H]1C[C@@H]2CNC(=S)Nc1ccc(-n2cccn2)cc1. The number of piperidine rings is 3. The minimum atomic E-state index is 0.555. The van der Waals surface area contributed by atoms with E-state index >= 15 is 0 Å². The van der Waals surface area contributed by atoms with Gasteiger partial charge < -0.3 is 10.6 Å². The van der Waals surface area contributed by atoms with Crippen LogP contribution in [-0.2, 0) is 0 Å². The van der Waals surface area contributed by atoms with Crippen molar-refractivity contribution in [2.75, 3.05) is 45.1 Å². The van der Waals surface area contributed by atoms with Crippen LogP contribution >= 0.6 is 12.2 Å². The summed E-state index contributed by atoms with van der Waals surface area (Å²) >= 11 is 5.53. The van der Waals surface area contributed by atoms with Gasteiger partial charge in [0.25, 0.3) is 0 Å². The van der Waals surface area contributed by atoms with Crippen LogP contribution in [0.3, 0.4) is 0 Å². The third-order valence-electron chi connectivity index (χ3n) is 6.31. The van der Waals surface area contributed by atoms with Gasteiger partial charge in [-0.2, -0.15) is 5.10 Å². The zero-order valence-corrected chi connectivity index (χ0v) is 18.3. The maximum Gasteiger partial charge on any atom is 0.170 e. The lowest BCUT2D eigenvalue weighted by atomic mass is 9.75. The molecule has 0 amide bonds. The molecule has 4 atom stereocenters. The van der Waals surface area contributed by atoms with Crippen molar-refractivity contribution < 1.29 is 0 Å². The van der Waals surface area contributed by atoms with Crippen molar-refractivity contribution in [3.05, 3.63) is 42.7 Å². The number of hydrogen-bond donors (Lipinski definition) is 2. The van der Waals surface area contributed by atoms with E-state index in [-0.39, 0.29) is 0 Å². The molecular weight excluding hydrogens is 392 g/mol. The molecule has 2 aromatic rings. The molecule has 0 spiro atoms. The summed E-state index contributed by atoms with van der Waals surface area (Å²) in [7, 11) is 2.13. The molecule has 4 heterocycles. The Bertz CT molecular complexity index is 872. The maximum absolute atomic E-state index is 5.53. The molecule has 5 rings (SSSR count). The molecule has 1 aromatic carbocycles. The van der Waals surface area contributed by atoms with Gasteiger partial charge in [0.15, 0.2) is 5.11 Å². The number of rotatable bonds is 7. The Kier molecular flexibility index (Phi) is 6.68. The average Bonchev–Trinajstić information content (AvgIpc) is 3.29. The van der Waals surface area contributed by atoms with Crippen LogP contribution in [0.15, 0.2) is 42.7 Å². The summed E-state index contributed by atoms with van der Waals surface area (Å²) in [5.41, 5.74) is 2.00. The lowest BCUT2D eigenvalue weighted by molar-refractivity contribution is -0.00646. The summed E-state index contributed by atoms with van der Waals surface area (Å²) < 4.78 is 1.84. The molecule has 3 fully saturated rings. The zero-order valence-electron chi connectivity index (χ0n) is 17.5. The summed E-state index contributed by atoms with van der Waals surface area (Å²) in [5, 5.41) is 11.6. The largest absolute Gasteiger partial charge is 0.361 e. The highest BCUT2D eigenvalue weighted by Crippen LogP contribution is 2.36. The molecule has 7 heteroatoms. The lowest BCUT2D eigenvalue weighted by Gasteiger charge is -2.50. The Morgan fingerprint density at radius 1 is 1.37 bits per heavy atom. The van der Waals surface area contributed by atoms with Crippen molar-refractivity contribution in [1.29, 1.82) is 0 Å². The predicted molar refractivity (Wildman–Crippen MR) is 126 cm³/mol. The average molecular weight is 423 g/mol. The molecule has 1 unspecified atom stereocenters. The molecule has 158 valence electrons. The van der Waals surface area contributed by atoms with Gasteiger partial charge in [0.05, 0.1) is 12.2 Å². The van der Waals surface area contributed by atoms with Gasteiger partial charge in [0, 0.05) is 43.8 Å². The van der Waals surface area contributed by atoms with Gasteiger partial charge in [-0.1, -0.05) is 5.92 Å². The van der Waals surface area contributed by atoms with E-state index in [1.165, 1.54) is 25.9 Å². The van der Waals surface area contributed by atoms with Gasteiger partial charge in [-0.25, -0.2) is 4.68 Å². The number of thiocarbonyl (C=S) groups is 1. The molecule has 1 aromatic heterocycles. The molecule has 2 N–H and O–H groups in total. The van der Waals surface area contributed by atoms with Crippen LogP contribution in [0.5, 0.6) is 0 Å². The van der Waals surface area contributed by atoms with Crippen LogP contribution in [0.2, 0.25) is 0 Å². The van der Waals surface area contributed by atoms with Crippen molar-refractivity contribution in [1.82, 2.24) is 24.9 Å². The third-order valence-corrected chi connectivity index (χ3v) is 6.56. The zero-order chi connectivity index (χ0) is 20.9. The normalized spacial score (nSPS) is 25.1. The second-order valence-corrected chi connectivity index (χ2v) is 8.83. The molecule has 2 bridgehead atoms. The quantitative estimate of drug-likeness (QED) is 0.528. The molecule has 6 nitrogen and oxygen atoms in total. The summed E-state index contributed by atoms with van der Waals surface area (Å²) in [6.45, 7) is 5.08. The van der Waals surface area contributed by atoms with E-state index in [0.717, 1.165) is 42.8 Å². The first-order valence-corrected chi connectivity index (χ1v) is 11.0. The molecular formula is C23H30N6S. The fourth-order valence-corrected chi connectivity index (χ4v) is 5.00. The Balaban J connectivity index is 1.23. The van der Waals surface area contributed by atoms with Crippen molar-refractivity contribution in [2.45, 2.75) is 18.9 Å². The third kappa shape index (κ3) is 5.01. The van der Waals surface area contributed by atoms with Crippen molar-refractivity contribution in [3.8, 4) is 18.0 Å². The molecule has 3 aliphatic heterocycles. The standard InChI is InChI=1S/C23H30N6S/c1-3-11-27(2)16-19-17-28-13-9-18(19)14-22(28)15-24-23(30)26-20-5-7-21(8-6-20)29-12-4-10-25-29/h1,4-8,10,12,18-19,22H,9,11,13-17H2,2H3,(H2,24,26,30)/t18-,19-,22+/m0/s1. The van der Waals surface area contributed by atoms with E-state index in [9.17, 15) is 0 Å². The molecule has 3 aliphatic rings. The van der Waals surface area contributed by atoms with E-state index in [0.29, 0.717) is 11.2 Å². The van der Waals surface area contributed by atoms with Gasteiger partial charge in [-0.15, -0.1) is 6.42 Å². The summed E-state index contributed by atoms with van der Waals surface area (Å²) in [6.07, 6.45) is 11.7. The first-order chi connectivity index (χ1) is 14.6. The molecule has 3 saturated heterocycles. The Labute approximate surface area is 184 Å². The Hall–Kier alpha value is -2.40. The van der Waals surface area contributed by atoms with E-state index in [1.54, 1.807) is 6.20 Å². The van der Waals surface area contributed by atoms with Gasteiger partial charge >= 0.3 is 0 Å². The summed E-state index contributed by atoms with van der Waals surface area (Å²) in [4.78, 5) is 4.90. The number of benzene rings is 1. The topological polar surface area (TPSA) is 48.4 Å². The number of hydrogen-bond acceptors (Lipinski definition) is 4. The van der Waals surface area contributed by atoms with E-state index in [4.69, 9.17) is 18.6 Å². The van der Waals surface area contributed by atoms with Gasteiger partial charge in [-0.05, 0) is 80.8 Å². The lowest BCUT2D eigenvalue weighted by Crippen LogP contribution is -2.58. The Morgan fingerprint density at radius 2 is 2.20 bits per heavy atom. The fourth-order valence-electron chi connectivity index (χ4n) is 4.79. The highest BCUT2D eigenvalue weighted by Gasteiger charge is 2.40. The van der Waals surface area contributed by atoms with Gasteiger partial charge in [-0.3, -0.25) is 9.80 Å². The monoisotopic (exact) mass is 422 g/mol. The van der Waals surface area contributed by atoms with Crippen LogP contribution in [0.4, 0.5) is 5.69 Å². The number of nitrogens with one attached hydrogen (secondary N) is 2. The van der Waals surface area contributed by atoms with Crippen LogP contribution in [0.25, 0.3) is 5.69 Å². The van der Waals surface area contributed by atoms with Gasteiger partial charge in [0.1, 0.15) is 0 Å². The number of aromatic nitrogens is 2. The number of anilines is 1. The van der Waals surface area contributed by atoms with E-state index in [1.807, 2.05) is 41.2 Å². The number of nitrogens with zero attached hydrogens (tertiary/aromatic N) is 4. The van der Waals surface area contributed by atoms with E-state index in [2.05, 4.69) is 38.5 Å². The van der Waals surface area contributed by atoms with Crippen molar-refractivity contribution in [2.24, 2.45) is 11.8 Å². The summed E-state index contributed by atoms with van der Waals surface area (Å²) in [6, 6.07) is 10.6. The van der Waals surface area contributed by atoms with Crippen LogP contribution in [-0.4, -0.2) is 70.5 Å². The maximum atomic E-state index is 5.53. The molecule has 0 saturated carbocycles. The van der Waals surface area contributed by atoms with Crippen molar-refractivity contribution in [3.63, 3.8) is 0 Å². The minimum absolute atomic E-state index is 0.555. The van der Waals surface area contributed by atoms with Crippen molar-refractivity contribution >= 4 is 23.0 Å². The molecule has 0 radical (unpaired) electrons. The van der Waals surface area contributed by atoms with Crippen LogP contribution < -0.4 is 10.6 Å². The number of terminal acetylenes is 1. The predicted octanol–water partition coefficient (Wildman–Crippen LogP) is 2.43. The van der Waals surface area contributed by atoms with Crippen LogP contribution in [0, 0.1) is 24.2 Å². The fraction of sp³-hybridized carbons (Fsp3) is 0.478. The minimum Gasteiger partial charge on any atom is -0.361 e. The second-order valence-electron chi connectivity index (χ2n) is 8.43. The second kappa shape index (κ2) is 9.61. The smallest absolute Gasteiger partial charge is 0.170 e. The highest BCUT2D eigenvalue weighted by molar-refractivity contribution is 7.80. The molecule has 0 aliphatic carbocycles. The van der Waals surface area contributed by atoms with Gasteiger partial charge in [0.2, 0.25) is 0 Å². The first-order valence-electron chi connectivity index (χ1n) is 10.6. The summed E-state index contributed by atoms with van der Waals surface area (Å²) in [5.74, 6) is 4.27. The first kappa shape index (κ1) is 20.9. The Morgan fingerprint density at radius 3 is 2.87 bits per heavy atom. The number of fused-ring (bicyclic) bond motifs is 3. The molecule has 30 heavy (non-hydrogen) atoms. The van der Waals surface area contributed by atoms with Crippen LogP contribution in [0.1, 0.15) is 12.8 Å². The highest BCUT2D eigenvalue weighted by atomic mass is 32.1.